The van der Waals surface area contributed by atoms with Gasteiger partial charge in [0.15, 0.2) is 0 Å². The van der Waals surface area contributed by atoms with Crippen molar-refractivity contribution in [1.82, 2.24) is 25.0 Å². The van der Waals surface area contributed by atoms with Crippen molar-refractivity contribution in [2.24, 2.45) is 0 Å². The first-order valence-corrected chi connectivity index (χ1v) is 11.8. The monoisotopic (exact) mass is 489 g/mol. The second-order valence-corrected chi connectivity index (χ2v) is 9.20. The number of hydrogen-bond acceptors (Lipinski definition) is 7. The van der Waals surface area contributed by atoms with E-state index in [-0.39, 0.29) is 30.7 Å². The molecule has 12 nitrogen and oxygen atoms in total. The summed E-state index contributed by atoms with van der Waals surface area (Å²) < 4.78 is 1.84. The molecule has 0 radical (unpaired) electrons. The van der Waals surface area contributed by atoms with Crippen molar-refractivity contribution in [3.8, 4) is 0 Å². The average Bonchev–Trinajstić information content (AvgIpc) is 3.45. The number of anilines is 3. The summed E-state index contributed by atoms with van der Waals surface area (Å²) in [5, 5.41) is 20.7. The van der Waals surface area contributed by atoms with Crippen molar-refractivity contribution in [2.45, 2.75) is 37.8 Å². The van der Waals surface area contributed by atoms with Gasteiger partial charge in [-0.05, 0) is 25.3 Å². The van der Waals surface area contributed by atoms with Gasteiger partial charge in [-0.3, -0.25) is 29.3 Å². The van der Waals surface area contributed by atoms with Gasteiger partial charge in [-0.2, -0.15) is 5.10 Å². The van der Waals surface area contributed by atoms with E-state index >= 15 is 0 Å². The maximum Gasteiger partial charge on any atom is 0.407 e. The molecular weight excluding hydrogens is 466 g/mol. The van der Waals surface area contributed by atoms with Gasteiger partial charge in [-0.15, -0.1) is 0 Å². The Bertz CT molecular complexity index is 1430. The van der Waals surface area contributed by atoms with E-state index < -0.39 is 18.0 Å². The topological polar surface area (TPSA) is 150 Å². The number of imide groups is 1. The van der Waals surface area contributed by atoms with Crippen LogP contribution in [0.5, 0.6) is 0 Å². The SMILES string of the molecule is O=C1CCC(N2C(=O)c3cccc4c(Nc5cnn(C6CCN(C(=O)O)CC6)c5)ncc2c34)C(=O)N1. The lowest BCUT2D eigenvalue weighted by molar-refractivity contribution is -0.134. The maximum atomic E-state index is 13.3. The number of rotatable bonds is 4. The minimum Gasteiger partial charge on any atom is -0.465 e. The first-order chi connectivity index (χ1) is 17.4. The van der Waals surface area contributed by atoms with Crippen LogP contribution in [0, 0.1) is 0 Å². The number of pyridine rings is 1. The summed E-state index contributed by atoms with van der Waals surface area (Å²) in [6.07, 6.45) is 6.04. The molecule has 2 aromatic heterocycles. The number of nitrogens with one attached hydrogen (secondary N) is 2. The van der Waals surface area contributed by atoms with Gasteiger partial charge >= 0.3 is 6.09 Å². The van der Waals surface area contributed by atoms with E-state index in [9.17, 15) is 19.2 Å². The van der Waals surface area contributed by atoms with Crippen LogP contribution in [-0.2, 0) is 9.59 Å². The standard InChI is InChI=1S/C24H23N7O5/c32-19-5-4-17(22(33)28-19)31-18-11-25-21(15-2-1-3-16(20(15)18)23(31)34)27-13-10-26-30(12-13)14-6-8-29(9-7-14)24(35)36/h1-3,10-12,14,17H,4-9H2,(H,25,27)(H,35,36)(H,28,32,33). The van der Waals surface area contributed by atoms with Gasteiger partial charge in [0.1, 0.15) is 11.9 Å². The molecule has 1 unspecified atom stereocenters. The summed E-state index contributed by atoms with van der Waals surface area (Å²) >= 11 is 0. The molecule has 3 aromatic rings. The van der Waals surface area contributed by atoms with E-state index in [0.29, 0.717) is 48.4 Å². The lowest BCUT2D eigenvalue weighted by Gasteiger charge is -2.30. The van der Waals surface area contributed by atoms with Crippen LogP contribution < -0.4 is 15.5 Å². The molecule has 0 aliphatic carbocycles. The number of nitrogens with zero attached hydrogens (tertiary/aromatic N) is 5. The molecule has 184 valence electrons. The summed E-state index contributed by atoms with van der Waals surface area (Å²) in [5.41, 5.74) is 1.75. The molecule has 1 atom stereocenters. The molecule has 5 heterocycles. The Hall–Kier alpha value is -4.48. The Morgan fingerprint density at radius 1 is 1.11 bits per heavy atom. The number of carbonyl (C=O) groups excluding carboxylic acids is 3. The first-order valence-electron chi connectivity index (χ1n) is 11.8. The smallest absolute Gasteiger partial charge is 0.407 e. The van der Waals surface area contributed by atoms with Crippen LogP contribution in [0.1, 0.15) is 42.1 Å². The van der Waals surface area contributed by atoms with Gasteiger partial charge in [0.05, 0.1) is 35.4 Å². The van der Waals surface area contributed by atoms with Gasteiger partial charge < -0.3 is 15.3 Å². The Morgan fingerprint density at radius 2 is 1.92 bits per heavy atom. The number of piperidine rings is 2. The zero-order valence-corrected chi connectivity index (χ0v) is 19.2. The Kier molecular flexibility index (Phi) is 5.09. The minimum absolute atomic E-state index is 0.108. The van der Waals surface area contributed by atoms with E-state index in [1.165, 1.54) is 9.80 Å². The summed E-state index contributed by atoms with van der Waals surface area (Å²) in [7, 11) is 0. The van der Waals surface area contributed by atoms with Crippen molar-refractivity contribution < 1.29 is 24.3 Å². The van der Waals surface area contributed by atoms with E-state index in [1.807, 2.05) is 16.9 Å². The number of aromatic nitrogens is 3. The van der Waals surface area contributed by atoms with Gasteiger partial charge in [0.25, 0.3) is 5.91 Å². The van der Waals surface area contributed by atoms with Crippen molar-refractivity contribution in [3.05, 3.63) is 42.4 Å². The van der Waals surface area contributed by atoms with Gasteiger partial charge in [-0.1, -0.05) is 12.1 Å². The molecule has 3 aliphatic heterocycles. The third-order valence-electron chi connectivity index (χ3n) is 7.10. The normalized spacial score (nSPS) is 20.2. The fourth-order valence-electron chi connectivity index (χ4n) is 5.28. The van der Waals surface area contributed by atoms with Gasteiger partial charge in [0.2, 0.25) is 11.8 Å². The number of carbonyl (C=O) groups is 4. The molecule has 3 aliphatic rings. The lowest BCUT2D eigenvalue weighted by Crippen LogP contribution is -2.53. The highest BCUT2D eigenvalue weighted by Crippen LogP contribution is 2.41. The molecular formula is C24H23N7O5. The van der Waals surface area contributed by atoms with Crippen LogP contribution in [0.2, 0.25) is 0 Å². The minimum atomic E-state index is -0.899. The number of amides is 4. The molecule has 3 N–H and O–H groups in total. The van der Waals surface area contributed by atoms with Crippen LogP contribution in [0.4, 0.5) is 22.0 Å². The van der Waals surface area contributed by atoms with E-state index in [1.54, 1.807) is 24.5 Å². The highest BCUT2D eigenvalue weighted by molar-refractivity contribution is 6.28. The van der Waals surface area contributed by atoms with Crippen molar-refractivity contribution in [2.75, 3.05) is 23.3 Å². The van der Waals surface area contributed by atoms with Crippen LogP contribution >= 0.6 is 0 Å². The lowest BCUT2D eigenvalue weighted by atomic mass is 10.0. The second kappa shape index (κ2) is 8.33. The van der Waals surface area contributed by atoms with Crippen molar-refractivity contribution in [1.29, 1.82) is 0 Å². The highest BCUT2D eigenvalue weighted by Gasteiger charge is 2.41. The molecule has 0 saturated carbocycles. The van der Waals surface area contributed by atoms with Crippen molar-refractivity contribution in [3.63, 3.8) is 0 Å². The number of likely N-dealkylation sites (tertiary alicyclic amines) is 1. The van der Waals surface area contributed by atoms with E-state index in [0.717, 1.165) is 11.1 Å². The summed E-state index contributed by atoms with van der Waals surface area (Å²) in [5.74, 6) is -0.557. The van der Waals surface area contributed by atoms with E-state index in [2.05, 4.69) is 20.7 Å². The third-order valence-corrected chi connectivity index (χ3v) is 7.10. The van der Waals surface area contributed by atoms with Crippen LogP contribution in [0.3, 0.4) is 0 Å². The number of carboxylic acid groups (broad SMARTS) is 1. The largest absolute Gasteiger partial charge is 0.465 e. The second-order valence-electron chi connectivity index (χ2n) is 9.20. The fourth-order valence-corrected chi connectivity index (χ4v) is 5.28. The summed E-state index contributed by atoms with van der Waals surface area (Å²) in [4.78, 5) is 55.9. The molecule has 4 amide bonds. The zero-order chi connectivity index (χ0) is 25.0. The number of benzene rings is 1. The molecule has 6 rings (SSSR count). The summed E-state index contributed by atoms with van der Waals surface area (Å²) in [6.45, 7) is 0.938. The number of hydrogen-bond donors (Lipinski definition) is 3. The average molecular weight is 489 g/mol. The Labute approximate surface area is 204 Å². The van der Waals surface area contributed by atoms with Gasteiger partial charge in [0, 0.05) is 36.5 Å². The predicted octanol–water partition coefficient (Wildman–Crippen LogP) is 2.26. The molecule has 0 spiro atoms. The Morgan fingerprint density at radius 3 is 2.67 bits per heavy atom. The fraction of sp³-hybridized carbons (Fsp3) is 0.333. The maximum absolute atomic E-state index is 13.3. The van der Waals surface area contributed by atoms with Crippen LogP contribution in [-0.4, -0.2) is 67.7 Å². The summed E-state index contributed by atoms with van der Waals surface area (Å²) in [6, 6.07) is 4.71. The van der Waals surface area contributed by atoms with Gasteiger partial charge in [-0.25, -0.2) is 9.78 Å². The third kappa shape index (κ3) is 3.53. The zero-order valence-electron chi connectivity index (χ0n) is 19.2. The molecule has 1 aromatic carbocycles. The van der Waals surface area contributed by atoms with Crippen LogP contribution in [0.15, 0.2) is 36.8 Å². The molecule has 2 saturated heterocycles. The molecule has 36 heavy (non-hydrogen) atoms. The molecule has 0 bridgehead atoms. The molecule has 12 heteroatoms. The quantitative estimate of drug-likeness (QED) is 0.473. The molecule has 2 fully saturated rings. The highest BCUT2D eigenvalue weighted by atomic mass is 16.4. The van der Waals surface area contributed by atoms with E-state index in [4.69, 9.17) is 5.11 Å². The Balaban J connectivity index is 1.27. The van der Waals surface area contributed by atoms with Crippen LogP contribution in [0.25, 0.3) is 10.8 Å². The first kappa shape index (κ1) is 22.0. The van der Waals surface area contributed by atoms with Crippen molar-refractivity contribution >= 4 is 51.8 Å². The predicted molar refractivity (Wildman–Crippen MR) is 128 cm³/mol.